The molecule has 0 spiro atoms. The quantitative estimate of drug-likeness (QED) is 0.657. The Balaban J connectivity index is 2.09. The monoisotopic (exact) mass is 409 g/mol. The Morgan fingerprint density at radius 1 is 1.24 bits per heavy atom. The lowest BCUT2D eigenvalue weighted by molar-refractivity contribution is 0.0768. The number of benzene rings is 1. The Hall–Kier alpha value is -0.670. The van der Waals surface area contributed by atoms with Gasteiger partial charge in [0.05, 0.1) is 27.8 Å². The van der Waals surface area contributed by atoms with E-state index >= 15 is 0 Å². The van der Waals surface area contributed by atoms with Gasteiger partial charge in [-0.05, 0) is 51.1 Å². The summed E-state index contributed by atoms with van der Waals surface area (Å²) in [6.45, 7) is 4.91. The molecule has 1 fully saturated rings. The fraction of sp³-hybridized carbons (Fsp3) is 0.625. The molecule has 6 nitrogen and oxygen atoms in total. The Kier molecular flexibility index (Phi) is 6.89. The lowest BCUT2D eigenvalue weighted by Crippen LogP contribution is -2.43. The van der Waals surface area contributed by atoms with Crippen molar-refractivity contribution < 1.29 is 21.6 Å². The van der Waals surface area contributed by atoms with Crippen molar-refractivity contribution in [2.45, 2.75) is 42.6 Å². The molecule has 142 valence electrons. The van der Waals surface area contributed by atoms with E-state index in [-0.39, 0.29) is 22.5 Å². The van der Waals surface area contributed by atoms with Gasteiger partial charge in [-0.2, -0.15) is 0 Å². The minimum absolute atomic E-state index is 0.0916. The highest BCUT2D eigenvalue weighted by Gasteiger charge is 2.45. The van der Waals surface area contributed by atoms with Crippen LogP contribution in [0.15, 0.2) is 29.2 Å². The summed E-state index contributed by atoms with van der Waals surface area (Å²) < 4.78 is 55.2. The second kappa shape index (κ2) is 8.35. The van der Waals surface area contributed by atoms with E-state index < -0.39 is 31.0 Å². The van der Waals surface area contributed by atoms with Crippen LogP contribution < -0.4 is 5.32 Å². The fourth-order valence-corrected chi connectivity index (χ4v) is 7.63. The topological polar surface area (TPSA) is 89.5 Å². The highest BCUT2D eigenvalue weighted by molar-refractivity contribution is 7.96. The fourth-order valence-electron chi connectivity index (χ4n) is 2.79. The molecule has 0 amide bonds. The smallest absolute Gasteiger partial charge is 0.183 e. The van der Waals surface area contributed by atoms with Crippen LogP contribution in [-0.4, -0.2) is 58.9 Å². The molecule has 9 heteroatoms. The lowest BCUT2D eigenvalue weighted by Gasteiger charge is -2.20. The van der Waals surface area contributed by atoms with E-state index in [1.54, 1.807) is 0 Å². The Morgan fingerprint density at radius 3 is 2.48 bits per heavy atom. The first kappa shape index (κ1) is 20.6. The standard InChI is InChI=1S/C16H24ClNO5S2/c1-12(2)23-9-3-8-18-15-10-24(19,20)11-16(15)25(21,22)14-6-4-13(17)5-7-14/h4-7,12,15-16,18H,3,8-11H2,1-2H3. The van der Waals surface area contributed by atoms with Gasteiger partial charge in [-0.15, -0.1) is 0 Å². The van der Waals surface area contributed by atoms with Crippen LogP contribution in [0.5, 0.6) is 0 Å². The number of sulfone groups is 2. The first-order valence-corrected chi connectivity index (χ1v) is 11.9. The summed E-state index contributed by atoms with van der Waals surface area (Å²) in [6.07, 6.45) is 0.813. The summed E-state index contributed by atoms with van der Waals surface area (Å²) in [6, 6.07) is 5.18. The third-order valence-electron chi connectivity index (χ3n) is 4.02. The van der Waals surface area contributed by atoms with Crippen molar-refractivity contribution in [3.05, 3.63) is 29.3 Å². The predicted molar refractivity (Wildman–Crippen MR) is 98.6 cm³/mol. The number of ether oxygens (including phenoxy) is 1. The van der Waals surface area contributed by atoms with Crippen LogP contribution in [0.1, 0.15) is 20.3 Å². The van der Waals surface area contributed by atoms with E-state index in [2.05, 4.69) is 5.32 Å². The molecule has 1 saturated heterocycles. The van der Waals surface area contributed by atoms with Gasteiger partial charge in [0.25, 0.3) is 0 Å². The lowest BCUT2D eigenvalue weighted by atomic mass is 10.2. The summed E-state index contributed by atoms with van der Waals surface area (Å²) in [5.41, 5.74) is 0. The van der Waals surface area contributed by atoms with Crippen LogP contribution in [0.4, 0.5) is 0 Å². The molecule has 2 unspecified atom stereocenters. The molecule has 1 aromatic rings. The summed E-state index contributed by atoms with van der Waals surface area (Å²) in [7, 11) is -7.16. The molecule has 2 rings (SSSR count). The van der Waals surface area contributed by atoms with E-state index in [9.17, 15) is 16.8 Å². The van der Waals surface area contributed by atoms with Gasteiger partial charge in [0.1, 0.15) is 0 Å². The molecule has 0 bridgehead atoms. The van der Waals surface area contributed by atoms with Crippen molar-refractivity contribution in [2.75, 3.05) is 24.7 Å². The third kappa shape index (κ3) is 5.65. The maximum atomic E-state index is 12.8. The average Bonchev–Trinajstić information content (AvgIpc) is 2.83. The van der Waals surface area contributed by atoms with Gasteiger partial charge in [0, 0.05) is 17.7 Å². The number of hydrogen-bond acceptors (Lipinski definition) is 6. The normalized spacial score (nSPS) is 23.2. The minimum atomic E-state index is -3.76. The van der Waals surface area contributed by atoms with Crippen LogP contribution in [0, 0.1) is 0 Å². The van der Waals surface area contributed by atoms with Crippen molar-refractivity contribution >= 4 is 31.3 Å². The Bertz CT molecular complexity index is 775. The minimum Gasteiger partial charge on any atom is -0.379 e. The van der Waals surface area contributed by atoms with E-state index in [1.165, 1.54) is 24.3 Å². The molecule has 25 heavy (non-hydrogen) atoms. The SMILES string of the molecule is CC(C)OCCCNC1CS(=O)(=O)CC1S(=O)(=O)c1ccc(Cl)cc1. The van der Waals surface area contributed by atoms with Crippen LogP contribution >= 0.6 is 11.6 Å². The van der Waals surface area contributed by atoms with Gasteiger partial charge in [-0.25, -0.2) is 16.8 Å². The van der Waals surface area contributed by atoms with Crippen LogP contribution in [0.2, 0.25) is 5.02 Å². The average molecular weight is 410 g/mol. The number of nitrogens with one attached hydrogen (secondary N) is 1. The van der Waals surface area contributed by atoms with Crippen molar-refractivity contribution in [2.24, 2.45) is 0 Å². The molecule has 0 saturated carbocycles. The van der Waals surface area contributed by atoms with Crippen LogP contribution in [0.25, 0.3) is 0 Å². The van der Waals surface area contributed by atoms with E-state index in [0.29, 0.717) is 24.6 Å². The van der Waals surface area contributed by atoms with Crippen molar-refractivity contribution in [1.82, 2.24) is 5.32 Å². The predicted octanol–water partition coefficient (Wildman–Crippen LogP) is 1.68. The number of rotatable bonds is 8. The Morgan fingerprint density at radius 2 is 1.88 bits per heavy atom. The summed E-state index contributed by atoms with van der Waals surface area (Å²) in [5, 5.41) is 2.52. The molecular formula is C16H24ClNO5S2. The van der Waals surface area contributed by atoms with E-state index in [4.69, 9.17) is 16.3 Å². The van der Waals surface area contributed by atoms with Crippen molar-refractivity contribution in [3.63, 3.8) is 0 Å². The highest BCUT2D eigenvalue weighted by Crippen LogP contribution is 2.26. The third-order valence-corrected chi connectivity index (χ3v) is 8.44. The second-order valence-electron chi connectivity index (χ2n) is 6.45. The molecule has 1 aliphatic rings. The number of hydrogen-bond donors (Lipinski definition) is 1. The molecule has 0 aromatic heterocycles. The molecule has 1 N–H and O–H groups in total. The summed E-state index contributed by atoms with van der Waals surface area (Å²) >= 11 is 5.80. The molecule has 0 radical (unpaired) electrons. The molecule has 0 aliphatic carbocycles. The van der Waals surface area contributed by atoms with Gasteiger partial charge in [0.2, 0.25) is 0 Å². The van der Waals surface area contributed by atoms with Gasteiger partial charge in [-0.1, -0.05) is 11.6 Å². The molecule has 1 aliphatic heterocycles. The van der Waals surface area contributed by atoms with E-state index in [0.717, 1.165) is 0 Å². The van der Waals surface area contributed by atoms with Crippen LogP contribution in [-0.2, 0) is 24.4 Å². The summed E-state index contributed by atoms with van der Waals surface area (Å²) in [4.78, 5) is 0.0916. The zero-order chi connectivity index (χ0) is 18.7. The van der Waals surface area contributed by atoms with Crippen molar-refractivity contribution in [3.8, 4) is 0 Å². The largest absolute Gasteiger partial charge is 0.379 e. The second-order valence-corrected chi connectivity index (χ2v) is 11.2. The molecule has 1 aromatic carbocycles. The molecule has 1 heterocycles. The van der Waals surface area contributed by atoms with E-state index in [1.807, 2.05) is 13.8 Å². The van der Waals surface area contributed by atoms with Gasteiger partial charge in [0.15, 0.2) is 19.7 Å². The molecule has 2 atom stereocenters. The highest BCUT2D eigenvalue weighted by atomic mass is 35.5. The zero-order valence-corrected chi connectivity index (χ0v) is 16.7. The van der Waals surface area contributed by atoms with Gasteiger partial charge in [-0.3, -0.25) is 0 Å². The van der Waals surface area contributed by atoms with Crippen LogP contribution in [0.3, 0.4) is 0 Å². The maximum absolute atomic E-state index is 12.8. The first-order valence-electron chi connectivity index (χ1n) is 8.17. The number of halogens is 1. The zero-order valence-electron chi connectivity index (χ0n) is 14.3. The van der Waals surface area contributed by atoms with Gasteiger partial charge >= 0.3 is 0 Å². The molecular weight excluding hydrogens is 386 g/mol. The Labute approximate surface area is 154 Å². The summed E-state index contributed by atoms with van der Waals surface area (Å²) in [5.74, 6) is -0.534. The maximum Gasteiger partial charge on any atom is 0.183 e. The first-order chi connectivity index (χ1) is 11.6. The van der Waals surface area contributed by atoms with Gasteiger partial charge < -0.3 is 10.1 Å². The van der Waals surface area contributed by atoms with Crippen molar-refractivity contribution in [1.29, 1.82) is 0 Å².